The zero-order chi connectivity index (χ0) is 22.1. The van der Waals surface area contributed by atoms with Gasteiger partial charge in [0, 0.05) is 66.4 Å². The van der Waals surface area contributed by atoms with Crippen molar-refractivity contribution in [1.82, 2.24) is 13.9 Å². The number of thiophene rings is 1. The van der Waals surface area contributed by atoms with Crippen LogP contribution in [0.4, 0.5) is 17.3 Å². The molecule has 0 bridgehead atoms. The van der Waals surface area contributed by atoms with Crippen LogP contribution in [0.3, 0.4) is 0 Å². The van der Waals surface area contributed by atoms with E-state index in [1.165, 1.54) is 26.1 Å². The Morgan fingerprint density at radius 1 is 1.12 bits per heavy atom. The summed E-state index contributed by atoms with van der Waals surface area (Å²) in [5.41, 5.74) is 9.09. The SMILES string of the molecule is NC(=O)c1ccc(-c2nc(Nc3ccc(N4CCOCC4)cc3)nc3c2ccn3SI)s1. The average Bonchev–Trinajstić information content (AvgIpc) is 3.47. The van der Waals surface area contributed by atoms with Crippen molar-refractivity contribution >= 4 is 75.9 Å². The van der Waals surface area contributed by atoms with Crippen LogP contribution in [0.25, 0.3) is 21.6 Å². The Balaban J connectivity index is 1.48. The first kappa shape index (κ1) is 21.5. The maximum absolute atomic E-state index is 11.6. The topological polar surface area (TPSA) is 98.3 Å². The Morgan fingerprint density at radius 2 is 1.91 bits per heavy atom. The number of halogens is 1. The highest BCUT2D eigenvalue weighted by molar-refractivity contribution is 14.2. The number of nitrogens with one attached hydrogen (secondary N) is 1. The summed E-state index contributed by atoms with van der Waals surface area (Å²) < 4.78 is 7.42. The summed E-state index contributed by atoms with van der Waals surface area (Å²) in [7, 11) is 1.53. The molecule has 4 heterocycles. The average molecular weight is 578 g/mol. The Hall–Kier alpha value is -2.35. The van der Waals surface area contributed by atoms with Gasteiger partial charge in [-0.25, -0.2) is 4.98 Å². The van der Waals surface area contributed by atoms with Crippen LogP contribution in [0.15, 0.2) is 48.7 Å². The summed E-state index contributed by atoms with van der Waals surface area (Å²) in [4.78, 5) is 24.8. The molecule has 11 heteroatoms. The number of amides is 1. The number of rotatable bonds is 6. The van der Waals surface area contributed by atoms with E-state index in [0.717, 1.165) is 53.6 Å². The maximum Gasteiger partial charge on any atom is 0.258 e. The molecule has 4 aromatic rings. The van der Waals surface area contributed by atoms with Gasteiger partial charge >= 0.3 is 0 Å². The van der Waals surface area contributed by atoms with E-state index < -0.39 is 5.91 Å². The molecule has 32 heavy (non-hydrogen) atoms. The summed E-state index contributed by atoms with van der Waals surface area (Å²) in [6.07, 6.45) is 1.96. The Labute approximate surface area is 204 Å². The van der Waals surface area contributed by atoms with Crippen molar-refractivity contribution in [2.24, 2.45) is 5.73 Å². The number of fused-ring (bicyclic) bond motifs is 1. The molecule has 1 saturated heterocycles. The number of aromatic nitrogens is 3. The van der Waals surface area contributed by atoms with E-state index in [9.17, 15) is 4.79 Å². The molecule has 164 valence electrons. The second-order valence-electron chi connectivity index (χ2n) is 7.14. The Kier molecular flexibility index (Phi) is 6.22. The molecule has 8 nitrogen and oxygen atoms in total. The summed E-state index contributed by atoms with van der Waals surface area (Å²) in [5.74, 6) is 0.0525. The first-order chi connectivity index (χ1) is 15.6. The molecule has 1 aliphatic rings. The van der Waals surface area contributed by atoms with Crippen LogP contribution in [-0.2, 0) is 4.74 Å². The first-order valence-electron chi connectivity index (χ1n) is 9.90. The molecule has 3 N–H and O–H groups in total. The molecule has 0 aliphatic carbocycles. The van der Waals surface area contributed by atoms with E-state index >= 15 is 0 Å². The first-order valence-corrected chi connectivity index (χ1v) is 14.0. The van der Waals surface area contributed by atoms with Crippen molar-refractivity contribution in [3.05, 3.63) is 53.5 Å². The number of nitrogens with zero attached hydrogens (tertiary/aromatic N) is 4. The van der Waals surface area contributed by atoms with Gasteiger partial charge < -0.3 is 20.7 Å². The van der Waals surface area contributed by atoms with Gasteiger partial charge in [-0.1, -0.05) is 0 Å². The van der Waals surface area contributed by atoms with Crippen molar-refractivity contribution in [2.45, 2.75) is 0 Å². The second kappa shape index (κ2) is 9.25. The van der Waals surface area contributed by atoms with Crippen molar-refractivity contribution in [3.63, 3.8) is 0 Å². The Bertz CT molecular complexity index is 1270. The lowest BCUT2D eigenvalue weighted by atomic mass is 10.2. The van der Waals surface area contributed by atoms with Gasteiger partial charge in [-0.2, -0.15) is 4.98 Å². The van der Waals surface area contributed by atoms with Crippen molar-refractivity contribution in [2.75, 3.05) is 36.5 Å². The molecular weight excluding hydrogens is 559 g/mol. The minimum Gasteiger partial charge on any atom is -0.378 e. The third-order valence-corrected chi connectivity index (χ3v) is 7.99. The van der Waals surface area contributed by atoms with Crippen molar-refractivity contribution < 1.29 is 9.53 Å². The van der Waals surface area contributed by atoms with Gasteiger partial charge in [0.05, 0.1) is 28.7 Å². The second-order valence-corrected chi connectivity index (χ2v) is 9.94. The fourth-order valence-corrected chi connectivity index (χ4v) is 5.72. The highest BCUT2D eigenvalue weighted by Crippen LogP contribution is 2.35. The van der Waals surface area contributed by atoms with Gasteiger partial charge in [-0.05, 0) is 42.5 Å². The molecule has 1 aliphatic heterocycles. The number of primary amides is 1. The highest BCUT2D eigenvalue weighted by atomic mass is 127. The summed E-state index contributed by atoms with van der Waals surface area (Å²) in [6, 6.07) is 13.8. The highest BCUT2D eigenvalue weighted by Gasteiger charge is 2.17. The predicted molar refractivity (Wildman–Crippen MR) is 139 cm³/mol. The van der Waals surface area contributed by atoms with Gasteiger partial charge in [0.25, 0.3) is 5.91 Å². The molecule has 0 atom stereocenters. The van der Waals surface area contributed by atoms with E-state index in [-0.39, 0.29) is 0 Å². The van der Waals surface area contributed by atoms with Gasteiger partial charge in [0.2, 0.25) is 5.95 Å². The van der Waals surface area contributed by atoms with Crippen LogP contribution in [0.5, 0.6) is 0 Å². The van der Waals surface area contributed by atoms with E-state index in [1.54, 1.807) is 6.07 Å². The number of morpholine rings is 1. The number of anilines is 3. The molecular formula is C21H19IN6O2S2. The van der Waals surface area contributed by atoms with E-state index in [0.29, 0.717) is 10.8 Å². The predicted octanol–water partition coefficient (Wildman–Crippen LogP) is 4.69. The van der Waals surface area contributed by atoms with Crippen LogP contribution in [0, 0.1) is 0 Å². The largest absolute Gasteiger partial charge is 0.378 e. The molecule has 1 amide bonds. The van der Waals surface area contributed by atoms with Crippen LogP contribution < -0.4 is 16.0 Å². The lowest BCUT2D eigenvalue weighted by Gasteiger charge is -2.28. The number of hydrogen-bond acceptors (Lipinski definition) is 8. The zero-order valence-corrected chi connectivity index (χ0v) is 20.6. The molecule has 0 unspecified atom stereocenters. The molecule has 3 aromatic heterocycles. The summed E-state index contributed by atoms with van der Waals surface area (Å²) in [6.45, 7) is 3.31. The molecule has 1 fully saturated rings. The van der Waals surface area contributed by atoms with E-state index in [2.05, 4.69) is 43.6 Å². The summed E-state index contributed by atoms with van der Waals surface area (Å²) >= 11 is 3.56. The number of carbonyl (C=O) groups is 1. The van der Waals surface area contributed by atoms with Crippen molar-refractivity contribution in [3.8, 4) is 10.6 Å². The standard InChI is InChI=1S/C21H19IN6O2S2/c22-32-28-8-7-15-18(16-5-6-17(31-16)19(23)29)25-21(26-20(15)28)24-13-1-3-14(4-2-13)27-9-11-30-12-10-27/h1-8H,9-12H2,(H2,23,29)(H,24,25,26). The van der Waals surface area contributed by atoms with E-state index in [1.807, 2.05) is 34.4 Å². The molecule has 0 spiro atoms. The lowest BCUT2D eigenvalue weighted by Crippen LogP contribution is -2.36. The van der Waals surface area contributed by atoms with Crippen LogP contribution in [-0.4, -0.2) is 46.2 Å². The lowest BCUT2D eigenvalue weighted by molar-refractivity contribution is 0.100. The maximum atomic E-state index is 11.6. The monoisotopic (exact) mass is 578 g/mol. The minimum atomic E-state index is -0.439. The molecule has 5 rings (SSSR count). The fourth-order valence-electron chi connectivity index (χ4n) is 3.60. The number of nitrogens with two attached hydrogens (primary N) is 1. The normalized spacial score (nSPS) is 14.1. The van der Waals surface area contributed by atoms with Gasteiger partial charge in [-0.15, -0.1) is 11.3 Å². The van der Waals surface area contributed by atoms with Crippen molar-refractivity contribution in [1.29, 1.82) is 0 Å². The molecule has 0 saturated carbocycles. The fraction of sp³-hybridized carbons (Fsp3) is 0.190. The van der Waals surface area contributed by atoms with Gasteiger partial charge in [0.1, 0.15) is 0 Å². The van der Waals surface area contributed by atoms with Crippen LogP contribution >= 0.6 is 41.7 Å². The molecule has 0 radical (unpaired) electrons. The van der Waals surface area contributed by atoms with Gasteiger partial charge in [0.15, 0.2) is 5.65 Å². The molecule has 1 aromatic carbocycles. The third kappa shape index (κ3) is 4.29. The zero-order valence-electron chi connectivity index (χ0n) is 16.8. The third-order valence-electron chi connectivity index (χ3n) is 5.17. The smallest absolute Gasteiger partial charge is 0.258 e. The summed E-state index contributed by atoms with van der Waals surface area (Å²) in [5, 5.41) is 4.25. The quantitative estimate of drug-likeness (QED) is 0.321. The number of carbonyl (C=O) groups excluding carboxylic acids is 1. The van der Waals surface area contributed by atoms with E-state index in [4.69, 9.17) is 20.4 Å². The number of hydrogen-bond donors (Lipinski definition) is 2. The number of benzene rings is 1. The number of ether oxygens (including phenoxy) is 1. The van der Waals surface area contributed by atoms with Gasteiger partial charge in [-0.3, -0.25) is 8.77 Å². The van der Waals surface area contributed by atoms with Crippen LogP contribution in [0.2, 0.25) is 0 Å². The Morgan fingerprint density at radius 3 is 2.59 bits per heavy atom. The minimum absolute atomic E-state index is 0.439. The van der Waals surface area contributed by atoms with Crippen LogP contribution in [0.1, 0.15) is 9.67 Å².